The number of hydrogen-bond acceptors (Lipinski definition) is 6. The van der Waals surface area contributed by atoms with Gasteiger partial charge < -0.3 is 14.6 Å². The average Bonchev–Trinajstić information content (AvgIpc) is 3.64. The molecule has 1 saturated carbocycles. The summed E-state index contributed by atoms with van der Waals surface area (Å²) in [5.41, 5.74) is 3.85. The summed E-state index contributed by atoms with van der Waals surface area (Å²) in [5.74, 6) is 0.723. The summed E-state index contributed by atoms with van der Waals surface area (Å²) in [4.78, 5) is 25.4. The zero-order valence-electron chi connectivity index (χ0n) is 20.6. The van der Waals surface area contributed by atoms with E-state index in [1.807, 2.05) is 16.8 Å². The molecule has 1 saturated heterocycles. The Labute approximate surface area is 211 Å². The van der Waals surface area contributed by atoms with Crippen molar-refractivity contribution in [1.82, 2.24) is 19.9 Å². The second-order valence-electron chi connectivity index (χ2n) is 10.1. The highest BCUT2D eigenvalue weighted by Gasteiger charge is 2.25. The van der Waals surface area contributed by atoms with Gasteiger partial charge >= 0.3 is 0 Å². The number of piperidine rings is 1. The van der Waals surface area contributed by atoms with Crippen LogP contribution in [0.25, 0.3) is 22.2 Å². The lowest BCUT2D eigenvalue weighted by Gasteiger charge is -2.32. The number of nitrogens with one attached hydrogen (secondary N) is 1. The van der Waals surface area contributed by atoms with Crippen molar-refractivity contribution in [2.75, 3.05) is 24.5 Å². The van der Waals surface area contributed by atoms with Gasteiger partial charge in [0, 0.05) is 53.9 Å². The zero-order chi connectivity index (χ0) is 24.3. The number of furan rings is 1. The molecule has 0 radical (unpaired) electrons. The molecule has 1 aliphatic carbocycles. The largest absolute Gasteiger partial charge is 0.472 e. The topological polar surface area (TPSA) is 76.2 Å². The molecule has 0 bridgehead atoms. The first-order valence-electron chi connectivity index (χ1n) is 13.2. The predicted octanol–water partition coefficient (Wildman–Crippen LogP) is 4.97. The molecule has 1 aliphatic heterocycles. The van der Waals surface area contributed by atoms with Crippen LogP contribution in [0.4, 0.5) is 5.95 Å². The maximum Gasteiger partial charge on any atom is 0.253 e. The maximum atomic E-state index is 13.3. The van der Waals surface area contributed by atoms with Crippen LogP contribution in [0.3, 0.4) is 0 Å². The van der Waals surface area contributed by atoms with Crippen LogP contribution in [0.2, 0.25) is 0 Å². The SMILES string of the molecule is O=c1cc(-c2ccoc2)c2cnc(N3CCC(NCCc4ccccc4)CC3)nc2n1C1CCCC1. The van der Waals surface area contributed by atoms with Gasteiger partial charge in [-0.25, -0.2) is 4.98 Å². The van der Waals surface area contributed by atoms with Gasteiger partial charge in [0.25, 0.3) is 5.56 Å². The number of pyridine rings is 1. The maximum absolute atomic E-state index is 13.3. The van der Waals surface area contributed by atoms with Gasteiger partial charge in [0.05, 0.1) is 12.5 Å². The van der Waals surface area contributed by atoms with E-state index >= 15 is 0 Å². The molecule has 6 rings (SSSR count). The van der Waals surface area contributed by atoms with Crippen LogP contribution in [0.1, 0.15) is 50.1 Å². The molecule has 0 unspecified atom stereocenters. The third-order valence-corrected chi connectivity index (χ3v) is 7.77. The Kier molecular flexibility index (Phi) is 6.55. The minimum atomic E-state index is 0.0107. The molecule has 0 amide bonds. The van der Waals surface area contributed by atoms with E-state index in [1.165, 1.54) is 5.56 Å². The van der Waals surface area contributed by atoms with Gasteiger partial charge in [-0.2, -0.15) is 4.98 Å². The smallest absolute Gasteiger partial charge is 0.253 e. The highest BCUT2D eigenvalue weighted by atomic mass is 16.3. The van der Waals surface area contributed by atoms with Crippen LogP contribution in [0.15, 0.2) is 70.4 Å². The van der Waals surface area contributed by atoms with Gasteiger partial charge in [-0.3, -0.25) is 9.36 Å². The third kappa shape index (κ3) is 4.67. The molecule has 2 fully saturated rings. The first kappa shape index (κ1) is 23.0. The Balaban J connectivity index is 1.22. The number of fused-ring (bicyclic) bond motifs is 1. The summed E-state index contributed by atoms with van der Waals surface area (Å²) < 4.78 is 7.23. The fourth-order valence-corrected chi connectivity index (χ4v) is 5.79. The van der Waals surface area contributed by atoms with E-state index in [-0.39, 0.29) is 11.6 Å². The second kappa shape index (κ2) is 10.3. The van der Waals surface area contributed by atoms with E-state index in [1.54, 1.807) is 18.6 Å². The zero-order valence-corrected chi connectivity index (χ0v) is 20.6. The highest BCUT2D eigenvalue weighted by Crippen LogP contribution is 2.34. The van der Waals surface area contributed by atoms with E-state index in [2.05, 4.69) is 40.5 Å². The Hall–Kier alpha value is -3.45. The van der Waals surface area contributed by atoms with Crippen LogP contribution in [0.5, 0.6) is 0 Å². The first-order chi connectivity index (χ1) is 17.8. The van der Waals surface area contributed by atoms with Crippen molar-refractivity contribution >= 4 is 17.0 Å². The van der Waals surface area contributed by atoms with Crippen molar-refractivity contribution in [3.63, 3.8) is 0 Å². The molecule has 4 heterocycles. The van der Waals surface area contributed by atoms with Gasteiger partial charge in [-0.05, 0) is 50.3 Å². The summed E-state index contributed by atoms with van der Waals surface area (Å²) >= 11 is 0. The molecule has 3 aromatic heterocycles. The minimum absolute atomic E-state index is 0.0107. The van der Waals surface area contributed by atoms with E-state index in [4.69, 9.17) is 14.4 Å². The molecule has 186 valence electrons. The summed E-state index contributed by atoms with van der Waals surface area (Å²) in [5, 5.41) is 4.63. The molecular formula is C29H33N5O2. The fraction of sp³-hybridized carbons (Fsp3) is 0.414. The summed E-state index contributed by atoms with van der Waals surface area (Å²) in [6, 6.07) is 15.0. The summed E-state index contributed by atoms with van der Waals surface area (Å²) in [7, 11) is 0. The van der Waals surface area contributed by atoms with Gasteiger partial charge in [-0.1, -0.05) is 43.2 Å². The molecule has 7 heteroatoms. The molecule has 2 aliphatic rings. The van der Waals surface area contributed by atoms with E-state index < -0.39 is 0 Å². The number of rotatable bonds is 7. The Morgan fingerprint density at radius 2 is 1.83 bits per heavy atom. The average molecular weight is 484 g/mol. The van der Waals surface area contributed by atoms with Gasteiger partial charge in [0.2, 0.25) is 5.95 Å². The lowest BCUT2D eigenvalue weighted by atomic mass is 10.0. The van der Waals surface area contributed by atoms with Crippen LogP contribution >= 0.6 is 0 Å². The highest BCUT2D eigenvalue weighted by molar-refractivity contribution is 5.92. The Morgan fingerprint density at radius 1 is 1.03 bits per heavy atom. The van der Waals surface area contributed by atoms with Crippen LogP contribution in [-0.2, 0) is 6.42 Å². The van der Waals surface area contributed by atoms with Crippen LogP contribution in [0, 0.1) is 0 Å². The third-order valence-electron chi connectivity index (χ3n) is 7.77. The molecule has 4 aromatic rings. The summed E-state index contributed by atoms with van der Waals surface area (Å²) in [6.07, 6.45) is 12.7. The van der Waals surface area contributed by atoms with Crippen LogP contribution < -0.4 is 15.8 Å². The van der Waals surface area contributed by atoms with Crippen molar-refractivity contribution < 1.29 is 4.42 Å². The molecule has 0 atom stereocenters. The molecule has 36 heavy (non-hydrogen) atoms. The normalized spacial score (nSPS) is 17.3. The number of benzene rings is 1. The van der Waals surface area contributed by atoms with Crippen LogP contribution in [-0.4, -0.2) is 40.2 Å². The monoisotopic (exact) mass is 483 g/mol. The van der Waals surface area contributed by atoms with Gasteiger partial charge in [0.15, 0.2) is 0 Å². The van der Waals surface area contributed by atoms with E-state index in [9.17, 15) is 4.79 Å². The fourth-order valence-electron chi connectivity index (χ4n) is 5.79. The molecule has 7 nitrogen and oxygen atoms in total. The predicted molar refractivity (Wildman–Crippen MR) is 142 cm³/mol. The van der Waals surface area contributed by atoms with Gasteiger partial charge in [-0.15, -0.1) is 0 Å². The summed E-state index contributed by atoms with van der Waals surface area (Å²) in [6.45, 7) is 2.80. The quantitative estimate of drug-likeness (QED) is 0.400. The lowest BCUT2D eigenvalue weighted by molar-refractivity contribution is 0.415. The molecule has 1 N–H and O–H groups in total. The van der Waals surface area contributed by atoms with Crippen molar-refractivity contribution in [1.29, 1.82) is 0 Å². The number of aromatic nitrogens is 3. The number of nitrogens with zero attached hydrogens (tertiary/aromatic N) is 4. The lowest BCUT2D eigenvalue weighted by Crippen LogP contribution is -2.43. The Morgan fingerprint density at radius 3 is 2.58 bits per heavy atom. The standard InChI is InChI=1S/C29H33N5O2/c35-27-18-25(22-13-17-36-20-22)26-19-31-29(32-28(26)34(27)24-8-4-5-9-24)33-15-11-23(12-16-33)30-14-10-21-6-2-1-3-7-21/h1-3,6-7,13,17-20,23-24,30H,4-5,8-12,14-16H2. The number of hydrogen-bond donors (Lipinski definition) is 1. The second-order valence-corrected chi connectivity index (χ2v) is 10.1. The molecule has 0 spiro atoms. The number of anilines is 1. The first-order valence-corrected chi connectivity index (χ1v) is 13.2. The minimum Gasteiger partial charge on any atom is -0.472 e. The van der Waals surface area contributed by atoms with Crippen molar-refractivity contribution in [2.24, 2.45) is 0 Å². The van der Waals surface area contributed by atoms with Crippen molar-refractivity contribution in [3.05, 3.63) is 77.1 Å². The van der Waals surface area contributed by atoms with Crippen molar-refractivity contribution in [2.45, 2.75) is 57.0 Å². The van der Waals surface area contributed by atoms with Gasteiger partial charge in [0.1, 0.15) is 5.65 Å². The molecule has 1 aromatic carbocycles. The van der Waals surface area contributed by atoms with E-state index in [0.717, 1.165) is 92.7 Å². The molecular weight excluding hydrogens is 450 g/mol. The Bertz CT molecular complexity index is 1350. The van der Waals surface area contributed by atoms with Crippen molar-refractivity contribution in [3.8, 4) is 11.1 Å². The van der Waals surface area contributed by atoms with E-state index in [0.29, 0.717) is 6.04 Å².